The molecule has 4 rings (SSSR count). The monoisotopic (exact) mass is 410 g/mol. The normalized spacial score (nSPS) is 15.2. The Morgan fingerprint density at radius 2 is 1.87 bits per heavy atom. The van der Waals surface area contributed by atoms with Crippen LogP contribution in [0.3, 0.4) is 0 Å². The number of benzene rings is 3. The molecule has 31 heavy (non-hydrogen) atoms. The van der Waals surface area contributed by atoms with Crippen molar-refractivity contribution < 1.29 is 19.1 Å². The molecule has 4 amide bonds. The predicted octanol–water partition coefficient (Wildman–Crippen LogP) is 3.83. The molecule has 1 N–H and O–H groups in total. The molecule has 0 atom stereocenters. The molecular weight excluding hydrogens is 392 g/mol. The fourth-order valence-electron chi connectivity index (χ4n) is 3.47. The van der Waals surface area contributed by atoms with Crippen molar-refractivity contribution in [1.82, 2.24) is 5.32 Å². The average Bonchev–Trinajstić information content (AvgIpc) is 2.75. The van der Waals surface area contributed by atoms with Gasteiger partial charge in [0.25, 0.3) is 11.8 Å². The second-order valence-electron chi connectivity index (χ2n) is 6.99. The van der Waals surface area contributed by atoms with E-state index in [1.165, 1.54) is 6.08 Å². The third-order valence-electron chi connectivity index (χ3n) is 4.89. The van der Waals surface area contributed by atoms with E-state index in [0.29, 0.717) is 17.0 Å². The number of aryl methyl sites for hydroxylation is 1. The maximum absolute atomic E-state index is 13.2. The van der Waals surface area contributed by atoms with E-state index in [0.717, 1.165) is 21.2 Å². The Morgan fingerprint density at radius 3 is 2.65 bits per heavy atom. The highest BCUT2D eigenvalue weighted by Crippen LogP contribution is 2.32. The number of imide groups is 2. The number of barbiturate groups is 1. The number of carbonyl (C=O) groups is 3. The number of rotatable bonds is 4. The number of urea groups is 1. The summed E-state index contributed by atoms with van der Waals surface area (Å²) >= 11 is 0. The van der Waals surface area contributed by atoms with Gasteiger partial charge < -0.3 is 4.74 Å². The van der Waals surface area contributed by atoms with Crippen molar-refractivity contribution in [1.29, 1.82) is 0 Å². The van der Waals surface area contributed by atoms with Crippen molar-refractivity contribution in [3.8, 4) is 18.1 Å². The second-order valence-corrected chi connectivity index (χ2v) is 6.99. The van der Waals surface area contributed by atoms with Gasteiger partial charge >= 0.3 is 6.03 Å². The van der Waals surface area contributed by atoms with Crippen LogP contribution in [0.4, 0.5) is 10.5 Å². The van der Waals surface area contributed by atoms with Crippen molar-refractivity contribution >= 4 is 40.4 Å². The minimum atomic E-state index is -0.792. The smallest absolute Gasteiger partial charge is 0.335 e. The number of hydrogen-bond donors (Lipinski definition) is 1. The number of amides is 4. The lowest BCUT2D eigenvalue weighted by molar-refractivity contribution is -0.122. The number of anilines is 1. The fourth-order valence-corrected chi connectivity index (χ4v) is 3.47. The number of fused-ring (bicyclic) bond motifs is 1. The van der Waals surface area contributed by atoms with E-state index in [1.54, 1.807) is 24.3 Å². The standard InChI is InChI=1S/C25H18N2O4/c1-3-13-31-22-12-11-17-8-4-5-10-19(17)20(22)15-21-23(28)26-25(30)27(24(21)29)18-9-6-7-16(2)14-18/h1,4-12,14-15H,13H2,2H3,(H,26,28,30)/b21-15+. The molecule has 0 spiro atoms. The summed E-state index contributed by atoms with van der Waals surface area (Å²) in [4.78, 5) is 39.2. The molecule has 6 heteroatoms. The van der Waals surface area contributed by atoms with Crippen LogP contribution in [0.15, 0.2) is 66.2 Å². The molecule has 3 aromatic carbocycles. The summed E-state index contributed by atoms with van der Waals surface area (Å²) in [6.45, 7) is 1.88. The summed E-state index contributed by atoms with van der Waals surface area (Å²) in [6.07, 6.45) is 6.77. The van der Waals surface area contributed by atoms with Crippen molar-refractivity contribution in [3.63, 3.8) is 0 Å². The lowest BCUT2D eigenvalue weighted by atomic mass is 9.99. The number of nitrogens with one attached hydrogen (secondary N) is 1. The highest BCUT2D eigenvalue weighted by atomic mass is 16.5. The number of ether oxygens (including phenoxy) is 1. The summed E-state index contributed by atoms with van der Waals surface area (Å²) in [6, 6.07) is 17.2. The van der Waals surface area contributed by atoms with Crippen LogP contribution >= 0.6 is 0 Å². The molecule has 152 valence electrons. The highest BCUT2D eigenvalue weighted by molar-refractivity contribution is 6.39. The molecule has 0 radical (unpaired) electrons. The zero-order valence-corrected chi connectivity index (χ0v) is 16.7. The minimum absolute atomic E-state index is 0.0303. The van der Waals surface area contributed by atoms with Crippen LogP contribution in [0, 0.1) is 19.3 Å². The summed E-state index contributed by atoms with van der Waals surface area (Å²) < 4.78 is 5.65. The second kappa shape index (κ2) is 8.17. The minimum Gasteiger partial charge on any atom is -0.480 e. The van der Waals surface area contributed by atoms with E-state index in [2.05, 4.69) is 11.2 Å². The molecule has 1 aliphatic rings. The van der Waals surface area contributed by atoms with Gasteiger partial charge in [0, 0.05) is 5.56 Å². The molecule has 0 aliphatic carbocycles. The number of nitrogens with zero attached hydrogens (tertiary/aromatic N) is 1. The molecule has 0 unspecified atom stereocenters. The Morgan fingerprint density at radius 1 is 1.06 bits per heavy atom. The van der Waals surface area contributed by atoms with E-state index in [-0.39, 0.29) is 12.2 Å². The van der Waals surface area contributed by atoms with Crippen LogP contribution in [0.2, 0.25) is 0 Å². The molecule has 0 aromatic heterocycles. The zero-order valence-electron chi connectivity index (χ0n) is 16.7. The van der Waals surface area contributed by atoms with Gasteiger partial charge in [0.1, 0.15) is 17.9 Å². The Labute approximate surface area is 179 Å². The van der Waals surface area contributed by atoms with Crippen molar-refractivity contribution in [2.75, 3.05) is 11.5 Å². The lowest BCUT2D eigenvalue weighted by Gasteiger charge is -2.26. The third kappa shape index (κ3) is 3.77. The Kier molecular flexibility index (Phi) is 5.25. The van der Waals surface area contributed by atoms with Crippen LogP contribution in [-0.2, 0) is 9.59 Å². The first-order valence-electron chi connectivity index (χ1n) is 9.55. The fraction of sp³-hybridized carbons (Fsp3) is 0.0800. The van der Waals surface area contributed by atoms with Crippen molar-refractivity contribution in [2.45, 2.75) is 6.92 Å². The molecule has 1 heterocycles. The van der Waals surface area contributed by atoms with Gasteiger partial charge in [0.05, 0.1) is 5.69 Å². The first-order valence-corrected chi connectivity index (χ1v) is 9.55. The lowest BCUT2D eigenvalue weighted by Crippen LogP contribution is -2.54. The van der Waals surface area contributed by atoms with E-state index >= 15 is 0 Å². The van der Waals surface area contributed by atoms with Crippen LogP contribution in [-0.4, -0.2) is 24.5 Å². The average molecular weight is 410 g/mol. The summed E-state index contributed by atoms with van der Waals surface area (Å²) in [7, 11) is 0. The van der Waals surface area contributed by atoms with Gasteiger partial charge in [-0.1, -0.05) is 48.4 Å². The van der Waals surface area contributed by atoms with Gasteiger partial charge in [-0.05, 0) is 47.5 Å². The van der Waals surface area contributed by atoms with Crippen molar-refractivity contribution in [2.24, 2.45) is 0 Å². The van der Waals surface area contributed by atoms with Gasteiger partial charge in [-0.3, -0.25) is 14.9 Å². The molecule has 1 aliphatic heterocycles. The molecular formula is C25H18N2O4. The Bertz CT molecular complexity index is 1300. The van der Waals surface area contributed by atoms with Crippen LogP contribution in [0.5, 0.6) is 5.75 Å². The maximum Gasteiger partial charge on any atom is 0.335 e. The quantitative estimate of drug-likeness (QED) is 0.403. The van der Waals surface area contributed by atoms with Crippen LogP contribution in [0.25, 0.3) is 16.8 Å². The molecule has 0 bridgehead atoms. The molecule has 0 saturated carbocycles. The SMILES string of the molecule is C#CCOc1ccc2ccccc2c1/C=C1\C(=O)NC(=O)N(c2cccc(C)c2)C1=O. The highest BCUT2D eigenvalue weighted by Gasteiger charge is 2.37. The first-order chi connectivity index (χ1) is 15.0. The van der Waals surface area contributed by atoms with Gasteiger partial charge in [-0.2, -0.15) is 0 Å². The predicted molar refractivity (Wildman–Crippen MR) is 118 cm³/mol. The first kappa shape index (κ1) is 19.9. The van der Waals surface area contributed by atoms with Gasteiger partial charge in [-0.25, -0.2) is 9.69 Å². The molecule has 1 fully saturated rings. The zero-order chi connectivity index (χ0) is 22.0. The van der Waals surface area contributed by atoms with E-state index < -0.39 is 17.8 Å². The van der Waals surface area contributed by atoms with Crippen LogP contribution in [0.1, 0.15) is 11.1 Å². The summed E-state index contributed by atoms with van der Waals surface area (Å²) in [5.41, 5.74) is 1.61. The number of hydrogen-bond acceptors (Lipinski definition) is 4. The third-order valence-corrected chi connectivity index (χ3v) is 4.89. The molecule has 6 nitrogen and oxygen atoms in total. The van der Waals surface area contributed by atoms with E-state index in [4.69, 9.17) is 11.2 Å². The summed E-state index contributed by atoms with van der Waals surface area (Å²) in [5, 5.41) is 3.93. The van der Waals surface area contributed by atoms with Crippen LogP contribution < -0.4 is 15.0 Å². The van der Waals surface area contributed by atoms with Gasteiger partial charge in [-0.15, -0.1) is 6.42 Å². The van der Waals surface area contributed by atoms with E-state index in [9.17, 15) is 14.4 Å². The van der Waals surface area contributed by atoms with E-state index in [1.807, 2.05) is 43.3 Å². The molecule has 1 saturated heterocycles. The topological polar surface area (TPSA) is 75.7 Å². The summed E-state index contributed by atoms with van der Waals surface area (Å²) in [5.74, 6) is 1.36. The number of terminal acetylenes is 1. The maximum atomic E-state index is 13.2. The Hall–Kier alpha value is -4.37. The molecule has 3 aromatic rings. The number of carbonyl (C=O) groups excluding carboxylic acids is 3. The van der Waals surface area contributed by atoms with Gasteiger partial charge in [0.15, 0.2) is 0 Å². The largest absolute Gasteiger partial charge is 0.480 e. The van der Waals surface area contributed by atoms with Crippen molar-refractivity contribution in [3.05, 3.63) is 77.4 Å². The Balaban J connectivity index is 1.86. The van der Waals surface area contributed by atoms with Gasteiger partial charge in [0.2, 0.25) is 0 Å².